The summed E-state index contributed by atoms with van der Waals surface area (Å²) in [5.41, 5.74) is 0.525. The van der Waals surface area contributed by atoms with Crippen LogP contribution in [0.4, 0.5) is 0 Å². The lowest BCUT2D eigenvalue weighted by Crippen LogP contribution is -2.36. The molecule has 0 saturated carbocycles. The first-order valence-electron chi connectivity index (χ1n) is 20.3. The van der Waals surface area contributed by atoms with Crippen molar-refractivity contribution < 1.29 is 0 Å². The highest BCUT2D eigenvalue weighted by Gasteiger charge is 2.23. The Morgan fingerprint density at radius 2 is 0.769 bits per heavy atom. The minimum atomic E-state index is -0.572. The van der Waals surface area contributed by atoms with Gasteiger partial charge in [0.25, 0.3) is 11.1 Å². The molecule has 10 heteroatoms. The summed E-state index contributed by atoms with van der Waals surface area (Å²) in [4.78, 5) is 61.5. The van der Waals surface area contributed by atoms with Crippen LogP contribution in [0.15, 0.2) is 43.4 Å². The van der Waals surface area contributed by atoms with Gasteiger partial charge in [0.1, 0.15) is 0 Å². The number of hydrogen-bond donors (Lipinski definition) is 0. The van der Waals surface area contributed by atoms with Crippen LogP contribution < -0.4 is 22.5 Å². The molecule has 0 spiro atoms. The monoisotopic (exact) mass is 712 g/mol. The maximum atomic E-state index is 13.6. The fourth-order valence-corrected chi connectivity index (χ4v) is 7.71. The average molecular weight is 713 g/mol. The van der Waals surface area contributed by atoms with E-state index >= 15 is 0 Å². The lowest BCUT2D eigenvalue weighted by molar-refractivity contribution is 0.536. The molecular formula is C42H60N6O4. The quantitative estimate of drug-likeness (QED) is 0.0404. The van der Waals surface area contributed by atoms with Crippen LogP contribution >= 0.6 is 0 Å². The molecule has 4 heterocycles. The molecular weight excluding hydrogens is 652 g/mol. The number of aromatic nitrogens is 6. The molecule has 1 aromatic carbocycles. The number of pyridine rings is 2. The summed E-state index contributed by atoms with van der Waals surface area (Å²) in [5.74, 6) is 0.784. The molecule has 4 aliphatic heterocycles. The van der Waals surface area contributed by atoms with Crippen molar-refractivity contribution in [1.82, 2.24) is 28.2 Å². The lowest BCUT2D eigenvalue weighted by Gasteiger charge is -2.22. The normalized spacial score (nSPS) is 11.9. The largest absolute Gasteiger partial charge is 0.352 e. The van der Waals surface area contributed by atoms with Gasteiger partial charge in [0, 0.05) is 38.0 Å². The smallest absolute Gasteiger partial charge is 0.325 e. The molecule has 0 saturated heterocycles. The molecule has 52 heavy (non-hydrogen) atoms. The zero-order chi connectivity index (χ0) is 37.0. The summed E-state index contributed by atoms with van der Waals surface area (Å²) in [6.07, 6.45) is 24.1. The molecule has 0 bridgehead atoms. The van der Waals surface area contributed by atoms with Crippen molar-refractivity contribution in [3.8, 4) is 22.8 Å². The standard InChI is InChI=1S/C42H60N6O4/c1-5-7-9-11-13-15-17-19-21-23-27-47-35-25-26-36-32(31(35)29-33-37(47)43-41(51)45(3)39(33)49)30-34-38(44-42(52)46(4)40(34)50)48(36)28-24-22-20-18-16-14-12-10-8-6-2/h25-26,29-30H,5-24,27-28H2,1-4H3. The summed E-state index contributed by atoms with van der Waals surface area (Å²) in [7, 11) is 2.92. The van der Waals surface area contributed by atoms with Crippen LogP contribution in [0, 0.1) is 0 Å². The van der Waals surface area contributed by atoms with Gasteiger partial charge in [-0.2, -0.15) is 9.97 Å². The SMILES string of the molecule is CCCCCCCCCCCCn1c2nc(=O)n(C)c(=O)c-2cc2c3cc4c(=O)n(C)c(=O)nc-4n(CCCCCCCCCCCC)c3ccc21. The number of benzene rings is 1. The fourth-order valence-electron chi connectivity index (χ4n) is 7.71. The van der Waals surface area contributed by atoms with E-state index in [4.69, 9.17) is 0 Å². The Hall–Kier alpha value is -4.08. The highest BCUT2D eigenvalue weighted by Crippen LogP contribution is 2.34. The van der Waals surface area contributed by atoms with Crippen LogP contribution in [0.25, 0.3) is 44.6 Å². The molecule has 0 atom stereocenters. The third kappa shape index (κ3) is 9.10. The van der Waals surface area contributed by atoms with E-state index in [1.54, 1.807) is 0 Å². The maximum Gasteiger partial charge on any atom is 0.352 e. The molecule has 5 rings (SSSR count). The van der Waals surface area contributed by atoms with Crippen LogP contribution in [0.5, 0.6) is 0 Å². The van der Waals surface area contributed by atoms with E-state index in [2.05, 4.69) is 23.8 Å². The summed E-state index contributed by atoms with van der Waals surface area (Å²) in [6, 6.07) is 7.70. The second-order valence-electron chi connectivity index (χ2n) is 14.9. The molecule has 0 aliphatic carbocycles. The predicted molar refractivity (Wildman–Crippen MR) is 213 cm³/mol. The van der Waals surface area contributed by atoms with E-state index in [0.29, 0.717) is 35.9 Å². The Kier molecular flexibility index (Phi) is 14.4. The average Bonchev–Trinajstić information content (AvgIpc) is 3.14. The van der Waals surface area contributed by atoms with Crippen LogP contribution in [0.1, 0.15) is 142 Å². The molecule has 0 amide bonds. The van der Waals surface area contributed by atoms with E-state index in [-0.39, 0.29) is 0 Å². The molecule has 0 radical (unpaired) electrons. The zero-order valence-electron chi connectivity index (χ0n) is 32.2. The van der Waals surface area contributed by atoms with Gasteiger partial charge >= 0.3 is 11.4 Å². The first-order chi connectivity index (χ1) is 25.3. The molecule has 282 valence electrons. The molecule has 0 unspecified atom stereocenters. The van der Waals surface area contributed by atoms with Gasteiger partial charge in [0.2, 0.25) is 0 Å². The van der Waals surface area contributed by atoms with Gasteiger partial charge < -0.3 is 9.13 Å². The minimum Gasteiger partial charge on any atom is -0.325 e. The first-order valence-corrected chi connectivity index (χ1v) is 20.3. The van der Waals surface area contributed by atoms with Crippen LogP contribution in [0.3, 0.4) is 0 Å². The number of unbranched alkanes of at least 4 members (excludes halogenated alkanes) is 18. The molecule has 10 nitrogen and oxygen atoms in total. The molecule has 0 fully saturated rings. The highest BCUT2D eigenvalue weighted by atomic mass is 16.2. The van der Waals surface area contributed by atoms with Crippen molar-refractivity contribution in [3.05, 3.63) is 65.9 Å². The Morgan fingerprint density at radius 1 is 0.462 bits per heavy atom. The Bertz CT molecular complexity index is 1960. The second-order valence-corrected chi connectivity index (χ2v) is 14.9. The van der Waals surface area contributed by atoms with E-state index in [1.165, 1.54) is 104 Å². The number of hydrogen-bond acceptors (Lipinski definition) is 6. The van der Waals surface area contributed by atoms with Gasteiger partial charge in [0.15, 0.2) is 11.6 Å². The van der Waals surface area contributed by atoms with Gasteiger partial charge in [-0.3, -0.25) is 18.7 Å². The number of rotatable bonds is 22. The summed E-state index contributed by atoms with van der Waals surface area (Å²) >= 11 is 0. The van der Waals surface area contributed by atoms with E-state index in [0.717, 1.165) is 69.5 Å². The zero-order valence-corrected chi connectivity index (χ0v) is 32.2. The highest BCUT2D eigenvalue weighted by molar-refractivity contribution is 6.08. The first kappa shape index (κ1) is 39.1. The number of fused-ring (bicyclic) bond motifs is 5. The summed E-state index contributed by atoms with van der Waals surface area (Å²) in [5, 5.41) is 1.61. The van der Waals surface area contributed by atoms with Crippen LogP contribution in [-0.4, -0.2) is 28.2 Å². The number of nitrogens with zero attached hydrogens (tertiary/aromatic N) is 6. The molecule has 0 aromatic heterocycles. The van der Waals surface area contributed by atoms with E-state index in [1.807, 2.05) is 33.4 Å². The molecule has 1 aromatic rings. The molecule has 0 N–H and O–H groups in total. The Balaban J connectivity index is 1.48. The van der Waals surface area contributed by atoms with Gasteiger partial charge in [-0.05, 0) is 37.1 Å². The van der Waals surface area contributed by atoms with Crippen molar-refractivity contribution >= 4 is 21.8 Å². The van der Waals surface area contributed by atoms with E-state index < -0.39 is 22.5 Å². The van der Waals surface area contributed by atoms with Crippen LogP contribution in [-0.2, 0) is 27.2 Å². The van der Waals surface area contributed by atoms with Crippen molar-refractivity contribution in [2.45, 2.75) is 155 Å². The van der Waals surface area contributed by atoms with Crippen molar-refractivity contribution in [3.63, 3.8) is 0 Å². The predicted octanol–water partition coefficient (Wildman–Crippen LogP) is 8.56. The third-order valence-corrected chi connectivity index (χ3v) is 10.9. The molecule has 4 aliphatic rings. The van der Waals surface area contributed by atoms with Gasteiger partial charge in [0.05, 0.1) is 22.2 Å². The topological polar surface area (TPSA) is 114 Å². The summed E-state index contributed by atoms with van der Waals surface area (Å²) < 4.78 is 6.15. The third-order valence-electron chi connectivity index (χ3n) is 10.9. The minimum absolute atomic E-state index is 0.372. The second kappa shape index (κ2) is 19.1. The van der Waals surface area contributed by atoms with Crippen molar-refractivity contribution in [2.75, 3.05) is 0 Å². The summed E-state index contributed by atoms with van der Waals surface area (Å²) in [6.45, 7) is 5.72. The van der Waals surface area contributed by atoms with Crippen molar-refractivity contribution in [1.29, 1.82) is 0 Å². The number of aryl methyl sites for hydroxylation is 2. The van der Waals surface area contributed by atoms with Crippen LogP contribution in [0.2, 0.25) is 0 Å². The van der Waals surface area contributed by atoms with Gasteiger partial charge in [-0.1, -0.05) is 129 Å². The van der Waals surface area contributed by atoms with Gasteiger partial charge in [-0.15, -0.1) is 0 Å². The Morgan fingerprint density at radius 3 is 1.10 bits per heavy atom. The van der Waals surface area contributed by atoms with E-state index in [9.17, 15) is 19.2 Å². The van der Waals surface area contributed by atoms with Crippen molar-refractivity contribution in [2.24, 2.45) is 14.1 Å². The maximum absolute atomic E-state index is 13.6. The lowest BCUT2D eigenvalue weighted by atomic mass is 10.0. The Labute approximate surface area is 307 Å². The van der Waals surface area contributed by atoms with Gasteiger partial charge in [-0.25, -0.2) is 9.59 Å². The fraction of sp³-hybridized carbons (Fsp3) is 0.619.